The SMILES string of the molecule is Cc1nn(-c2ccc(F)cc2)c(C)c1CN1CCCCCCOc2ccccc2Oc2ccc(Cl)cc2NC(=O)C1. The molecule has 3 aromatic carbocycles. The van der Waals surface area contributed by atoms with Crippen LogP contribution in [0.4, 0.5) is 10.1 Å². The highest BCUT2D eigenvalue weighted by Crippen LogP contribution is 2.36. The number of aryl methyl sites for hydroxylation is 1. The van der Waals surface area contributed by atoms with Crippen molar-refractivity contribution in [3.63, 3.8) is 0 Å². The molecule has 1 N–H and O–H groups in total. The van der Waals surface area contributed by atoms with Crippen molar-refractivity contribution in [3.05, 3.63) is 94.5 Å². The number of rotatable bonds is 3. The molecule has 2 heterocycles. The van der Waals surface area contributed by atoms with Crippen LogP contribution >= 0.6 is 11.6 Å². The lowest BCUT2D eigenvalue weighted by atomic mass is 10.1. The molecule has 41 heavy (non-hydrogen) atoms. The Hall–Kier alpha value is -3.88. The van der Waals surface area contributed by atoms with Gasteiger partial charge in [0.15, 0.2) is 17.2 Å². The molecule has 0 saturated heterocycles. The molecule has 7 nitrogen and oxygen atoms in total. The lowest BCUT2D eigenvalue weighted by Crippen LogP contribution is -2.34. The molecule has 4 aromatic rings. The maximum absolute atomic E-state index is 13.5. The minimum Gasteiger partial charge on any atom is -0.490 e. The van der Waals surface area contributed by atoms with E-state index in [1.165, 1.54) is 12.1 Å². The van der Waals surface area contributed by atoms with Gasteiger partial charge < -0.3 is 14.8 Å². The molecule has 214 valence electrons. The molecule has 1 amide bonds. The van der Waals surface area contributed by atoms with Gasteiger partial charge in [0.25, 0.3) is 0 Å². The number of para-hydroxylation sites is 2. The molecule has 0 bridgehead atoms. The minimum atomic E-state index is -0.289. The van der Waals surface area contributed by atoms with Crippen LogP contribution in [0.1, 0.15) is 42.6 Å². The zero-order chi connectivity index (χ0) is 28.8. The van der Waals surface area contributed by atoms with Gasteiger partial charge in [0.2, 0.25) is 5.91 Å². The zero-order valence-electron chi connectivity index (χ0n) is 23.3. The number of amides is 1. The minimum absolute atomic E-state index is 0.171. The first-order valence-corrected chi connectivity index (χ1v) is 14.3. The Morgan fingerprint density at radius 1 is 0.951 bits per heavy atom. The highest BCUT2D eigenvalue weighted by molar-refractivity contribution is 6.31. The first-order chi connectivity index (χ1) is 19.9. The van der Waals surface area contributed by atoms with E-state index in [0.29, 0.717) is 41.1 Å². The summed E-state index contributed by atoms with van der Waals surface area (Å²) in [6.45, 7) is 6.05. The number of aromatic nitrogens is 2. The fraction of sp³-hybridized carbons (Fsp3) is 0.312. The lowest BCUT2D eigenvalue weighted by molar-refractivity contribution is -0.117. The summed E-state index contributed by atoms with van der Waals surface area (Å²) in [5, 5.41) is 8.22. The Labute approximate surface area is 244 Å². The Balaban J connectivity index is 1.39. The number of hydrogen-bond acceptors (Lipinski definition) is 5. The van der Waals surface area contributed by atoms with Gasteiger partial charge in [-0.1, -0.05) is 36.6 Å². The van der Waals surface area contributed by atoms with Crippen molar-refractivity contribution in [2.24, 2.45) is 0 Å². The fourth-order valence-electron chi connectivity index (χ4n) is 5.00. The lowest BCUT2D eigenvalue weighted by Gasteiger charge is -2.23. The van der Waals surface area contributed by atoms with Gasteiger partial charge >= 0.3 is 0 Å². The van der Waals surface area contributed by atoms with E-state index in [2.05, 4.69) is 10.2 Å². The third kappa shape index (κ3) is 7.26. The Kier molecular flexibility index (Phi) is 9.21. The van der Waals surface area contributed by atoms with E-state index in [1.54, 1.807) is 30.3 Å². The molecule has 0 radical (unpaired) electrons. The zero-order valence-corrected chi connectivity index (χ0v) is 24.1. The highest BCUT2D eigenvalue weighted by Gasteiger charge is 2.20. The number of fused-ring (bicyclic) bond motifs is 2. The van der Waals surface area contributed by atoms with Gasteiger partial charge in [-0.2, -0.15) is 5.10 Å². The van der Waals surface area contributed by atoms with Crippen LogP contribution in [0, 0.1) is 19.7 Å². The molecule has 1 aromatic heterocycles. The van der Waals surface area contributed by atoms with Crippen LogP contribution in [0.2, 0.25) is 5.02 Å². The van der Waals surface area contributed by atoms with E-state index < -0.39 is 0 Å². The maximum Gasteiger partial charge on any atom is 0.238 e. The molecule has 0 fully saturated rings. The van der Waals surface area contributed by atoms with Crippen molar-refractivity contribution in [1.82, 2.24) is 14.7 Å². The van der Waals surface area contributed by atoms with E-state index in [4.69, 9.17) is 26.2 Å². The van der Waals surface area contributed by atoms with E-state index in [1.807, 2.05) is 42.8 Å². The third-order valence-corrected chi connectivity index (χ3v) is 7.41. The average Bonchev–Trinajstić information content (AvgIpc) is 3.22. The highest BCUT2D eigenvalue weighted by atomic mass is 35.5. The van der Waals surface area contributed by atoms with Crippen molar-refractivity contribution in [2.75, 3.05) is 25.0 Å². The topological polar surface area (TPSA) is 68.6 Å². The summed E-state index contributed by atoms with van der Waals surface area (Å²) >= 11 is 6.30. The normalized spacial score (nSPS) is 15.3. The second-order valence-electron chi connectivity index (χ2n) is 10.2. The van der Waals surface area contributed by atoms with Gasteiger partial charge in [-0.05, 0) is 87.8 Å². The summed E-state index contributed by atoms with van der Waals surface area (Å²) in [5.41, 5.74) is 4.17. The van der Waals surface area contributed by atoms with Gasteiger partial charge in [0.05, 0.1) is 30.2 Å². The molecule has 1 aliphatic rings. The largest absolute Gasteiger partial charge is 0.490 e. The molecule has 5 rings (SSSR count). The smallest absolute Gasteiger partial charge is 0.238 e. The van der Waals surface area contributed by atoms with E-state index in [-0.39, 0.29) is 18.3 Å². The molecule has 0 aliphatic carbocycles. The van der Waals surface area contributed by atoms with Crippen LogP contribution in [-0.2, 0) is 11.3 Å². The van der Waals surface area contributed by atoms with Gasteiger partial charge in [0.1, 0.15) is 5.82 Å². The quantitative estimate of drug-likeness (QED) is 0.274. The molecular weight excluding hydrogens is 543 g/mol. The summed E-state index contributed by atoms with van der Waals surface area (Å²) in [6, 6.07) is 19.0. The number of nitrogens with zero attached hydrogens (tertiary/aromatic N) is 3. The number of halogens is 2. The molecule has 0 saturated carbocycles. The summed E-state index contributed by atoms with van der Waals surface area (Å²) in [4.78, 5) is 15.5. The Morgan fingerprint density at radius 3 is 2.51 bits per heavy atom. The van der Waals surface area contributed by atoms with Crippen LogP contribution in [0.5, 0.6) is 17.2 Å². The summed E-state index contributed by atoms with van der Waals surface area (Å²) in [7, 11) is 0. The Morgan fingerprint density at radius 2 is 1.71 bits per heavy atom. The van der Waals surface area contributed by atoms with Crippen molar-refractivity contribution in [1.29, 1.82) is 0 Å². The number of benzene rings is 3. The van der Waals surface area contributed by atoms with Crippen LogP contribution in [0.25, 0.3) is 5.69 Å². The van der Waals surface area contributed by atoms with Gasteiger partial charge in [-0.3, -0.25) is 9.69 Å². The molecule has 1 aliphatic heterocycles. The maximum atomic E-state index is 13.5. The average molecular weight is 577 g/mol. The predicted octanol–water partition coefficient (Wildman–Crippen LogP) is 7.47. The van der Waals surface area contributed by atoms with E-state index in [0.717, 1.165) is 54.9 Å². The van der Waals surface area contributed by atoms with Gasteiger partial charge in [-0.15, -0.1) is 0 Å². The van der Waals surface area contributed by atoms with E-state index in [9.17, 15) is 9.18 Å². The van der Waals surface area contributed by atoms with Crippen molar-refractivity contribution in [3.8, 4) is 22.9 Å². The standard InChI is InChI=1S/C32H34ClFN4O3/c1-22-27(23(2)38(36-22)26-14-12-25(34)13-15-26)20-37-17-7-3-4-8-18-40-30-9-5-6-10-31(30)41-29-16-11-24(33)19-28(29)35-32(39)21-37/h5-6,9-16,19H,3-4,7-8,17-18,20-21H2,1-2H3,(H,35,39). The third-order valence-electron chi connectivity index (χ3n) is 7.17. The number of carbonyl (C=O) groups is 1. The summed E-state index contributed by atoms with van der Waals surface area (Å²) in [5.74, 6) is 1.25. The predicted molar refractivity (Wildman–Crippen MR) is 159 cm³/mol. The Bertz CT molecular complexity index is 1510. The van der Waals surface area contributed by atoms with Gasteiger partial charge in [0, 0.05) is 22.8 Å². The monoisotopic (exact) mass is 576 g/mol. The van der Waals surface area contributed by atoms with Crippen molar-refractivity contribution in [2.45, 2.75) is 46.1 Å². The van der Waals surface area contributed by atoms with Crippen LogP contribution in [-0.4, -0.2) is 40.3 Å². The van der Waals surface area contributed by atoms with Crippen LogP contribution in [0.3, 0.4) is 0 Å². The second kappa shape index (κ2) is 13.2. The van der Waals surface area contributed by atoms with Crippen molar-refractivity contribution >= 4 is 23.2 Å². The first-order valence-electron chi connectivity index (χ1n) is 13.9. The van der Waals surface area contributed by atoms with Crippen molar-refractivity contribution < 1.29 is 18.7 Å². The molecule has 0 unspecified atom stereocenters. The summed E-state index contributed by atoms with van der Waals surface area (Å²) < 4.78 is 27.6. The molecule has 9 heteroatoms. The number of carbonyl (C=O) groups excluding carboxylic acids is 1. The molecule has 0 spiro atoms. The number of anilines is 1. The van der Waals surface area contributed by atoms with Crippen LogP contribution in [0.15, 0.2) is 66.7 Å². The number of hydrogen-bond donors (Lipinski definition) is 1. The van der Waals surface area contributed by atoms with E-state index >= 15 is 0 Å². The summed E-state index contributed by atoms with van der Waals surface area (Å²) in [6.07, 6.45) is 3.90. The second-order valence-corrected chi connectivity index (χ2v) is 10.7. The number of nitrogens with one attached hydrogen (secondary N) is 1. The molecular formula is C32H34ClFN4O3. The first kappa shape index (κ1) is 28.6. The van der Waals surface area contributed by atoms with Gasteiger partial charge in [-0.25, -0.2) is 9.07 Å². The molecule has 0 atom stereocenters. The fourth-order valence-corrected chi connectivity index (χ4v) is 5.17. The van der Waals surface area contributed by atoms with Crippen LogP contribution < -0.4 is 14.8 Å². The number of ether oxygens (including phenoxy) is 2.